The zero-order chi connectivity index (χ0) is 13.9. The van der Waals surface area contributed by atoms with Crippen molar-refractivity contribution in [3.8, 4) is 0 Å². The summed E-state index contributed by atoms with van der Waals surface area (Å²) in [6, 6.07) is 6.47. The molecule has 0 spiro atoms. The molecule has 0 bridgehead atoms. The molecule has 106 valence electrons. The molecule has 0 radical (unpaired) electrons. The molecule has 2 N–H and O–H groups in total. The Morgan fingerprint density at radius 1 is 1.37 bits per heavy atom. The van der Waals surface area contributed by atoms with Crippen molar-refractivity contribution < 1.29 is 13.5 Å². The summed E-state index contributed by atoms with van der Waals surface area (Å²) in [6.45, 7) is 2.14. The van der Waals surface area contributed by atoms with Gasteiger partial charge in [0.2, 0.25) is 10.0 Å². The van der Waals surface area contributed by atoms with Gasteiger partial charge in [-0.2, -0.15) is 0 Å². The van der Waals surface area contributed by atoms with Crippen molar-refractivity contribution in [3.05, 3.63) is 29.8 Å². The van der Waals surface area contributed by atoms with Crippen LogP contribution in [0.3, 0.4) is 0 Å². The summed E-state index contributed by atoms with van der Waals surface area (Å²) in [5.74, 6) is 0.467. The highest BCUT2D eigenvalue weighted by atomic mass is 32.2. The summed E-state index contributed by atoms with van der Waals surface area (Å²) in [7, 11) is -3.46. The van der Waals surface area contributed by atoms with E-state index in [1.807, 2.05) is 0 Å². The first kappa shape index (κ1) is 14.5. The number of benzene rings is 1. The number of rotatable bonds is 5. The van der Waals surface area contributed by atoms with Gasteiger partial charge in [0.15, 0.2) is 0 Å². The van der Waals surface area contributed by atoms with Crippen LogP contribution in [0.15, 0.2) is 29.2 Å². The molecule has 1 unspecified atom stereocenters. The van der Waals surface area contributed by atoms with E-state index in [2.05, 4.69) is 4.72 Å². The lowest BCUT2D eigenvalue weighted by molar-refractivity contribution is 0.199. The summed E-state index contributed by atoms with van der Waals surface area (Å²) in [6.07, 6.45) is 3.95. The fraction of sp³-hybridized carbons (Fsp3) is 0.571. The van der Waals surface area contributed by atoms with Crippen molar-refractivity contribution in [2.75, 3.05) is 6.54 Å². The first-order valence-corrected chi connectivity index (χ1v) is 8.25. The van der Waals surface area contributed by atoms with Gasteiger partial charge in [-0.25, -0.2) is 13.1 Å². The van der Waals surface area contributed by atoms with E-state index in [1.54, 1.807) is 25.1 Å². The van der Waals surface area contributed by atoms with Crippen molar-refractivity contribution in [1.29, 1.82) is 0 Å². The maximum absolute atomic E-state index is 12.2. The van der Waals surface area contributed by atoms with E-state index in [0.29, 0.717) is 18.0 Å². The second-order valence-corrected chi connectivity index (χ2v) is 7.02. The Bertz CT molecular complexity index is 519. The SMILES string of the molecule is CC(O)c1cccc(S(=O)(=O)NCC2CCCC2)c1. The third kappa shape index (κ3) is 3.78. The second-order valence-electron chi connectivity index (χ2n) is 5.25. The molecule has 1 aromatic rings. The molecule has 1 fully saturated rings. The third-order valence-electron chi connectivity index (χ3n) is 3.69. The van der Waals surface area contributed by atoms with Crippen molar-refractivity contribution in [2.24, 2.45) is 5.92 Å². The van der Waals surface area contributed by atoms with Crippen LogP contribution in [-0.2, 0) is 10.0 Å². The molecule has 0 heterocycles. The Morgan fingerprint density at radius 2 is 2.05 bits per heavy atom. The number of nitrogens with one attached hydrogen (secondary N) is 1. The molecule has 1 atom stereocenters. The van der Waals surface area contributed by atoms with Gasteiger partial charge in [0.05, 0.1) is 11.0 Å². The molecule has 0 amide bonds. The number of hydrogen-bond donors (Lipinski definition) is 2. The quantitative estimate of drug-likeness (QED) is 0.870. The van der Waals surface area contributed by atoms with Gasteiger partial charge in [-0.3, -0.25) is 0 Å². The molecule has 5 heteroatoms. The molecule has 4 nitrogen and oxygen atoms in total. The van der Waals surface area contributed by atoms with Crippen LogP contribution < -0.4 is 4.72 Å². The maximum Gasteiger partial charge on any atom is 0.240 e. The highest BCUT2D eigenvalue weighted by Gasteiger charge is 2.20. The van der Waals surface area contributed by atoms with Gasteiger partial charge in [-0.15, -0.1) is 0 Å². The third-order valence-corrected chi connectivity index (χ3v) is 5.11. The van der Waals surface area contributed by atoms with Crippen molar-refractivity contribution in [1.82, 2.24) is 4.72 Å². The van der Waals surface area contributed by atoms with Gasteiger partial charge in [-0.05, 0) is 43.4 Å². The van der Waals surface area contributed by atoms with Crippen LogP contribution in [0.5, 0.6) is 0 Å². The zero-order valence-corrected chi connectivity index (χ0v) is 12.0. The van der Waals surface area contributed by atoms with Crippen LogP contribution in [0.4, 0.5) is 0 Å². The molecule has 2 rings (SSSR count). The average Bonchev–Trinajstić information content (AvgIpc) is 2.90. The summed E-state index contributed by atoms with van der Waals surface area (Å²) >= 11 is 0. The molecule has 0 aliphatic heterocycles. The van der Waals surface area contributed by atoms with Crippen LogP contribution in [-0.4, -0.2) is 20.1 Å². The van der Waals surface area contributed by atoms with E-state index in [4.69, 9.17) is 0 Å². The van der Waals surface area contributed by atoms with Gasteiger partial charge in [0.25, 0.3) is 0 Å². The summed E-state index contributed by atoms with van der Waals surface area (Å²) in [5, 5.41) is 9.50. The predicted molar refractivity (Wildman–Crippen MR) is 74.2 cm³/mol. The Balaban J connectivity index is 2.07. The van der Waals surface area contributed by atoms with E-state index >= 15 is 0 Å². The molecule has 1 aliphatic carbocycles. The van der Waals surface area contributed by atoms with Crippen LogP contribution >= 0.6 is 0 Å². The van der Waals surface area contributed by atoms with Crippen LogP contribution in [0.25, 0.3) is 0 Å². The van der Waals surface area contributed by atoms with Gasteiger partial charge in [0, 0.05) is 6.54 Å². The molecular formula is C14H21NO3S. The largest absolute Gasteiger partial charge is 0.389 e. The molecular weight excluding hydrogens is 262 g/mol. The lowest BCUT2D eigenvalue weighted by Crippen LogP contribution is -2.28. The Hall–Kier alpha value is -0.910. The van der Waals surface area contributed by atoms with Crippen molar-refractivity contribution in [2.45, 2.75) is 43.6 Å². The van der Waals surface area contributed by atoms with E-state index in [1.165, 1.54) is 18.9 Å². The van der Waals surface area contributed by atoms with E-state index in [9.17, 15) is 13.5 Å². The van der Waals surface area contributed by atoms with E-state index in [0.717, 1.165) is 12.8 Å². The predicted octanol–water partition coefficient (Wildman–Crippen LogP) is 2.21. The number of aliphatic hydroxyl groups excluding tert-OH is 1. The molecule has 1 aromatic carbocycles. The summed E-state index contributed by atoms with van der Waals surface area (Å²) < 4.78 is 27.0. The maximum atomic E-state index is 12.2. The van der Waals surface area contributed by atoms with Crippen LogP contribution in [0, 0.1) is 5.92 Å². The van der Waals surface area contributed by atoms with Crippen molar-refractivity contribution >= 4 is 10.0 Å². The van der Waals surface area contributed by atoms with E-state index < -0.39 is 16.1 Å². The van der Waals surface area contributed by atoms with Crippen LogP contribution in [0.1, 0.15) is 44.3 Å². The lowest BCUT2D eigenvalue weighted by atomic mass is 10.1. The molecule has 19 heavy (non-hydrogen) atoms. The summed E-state index contributed by atoms with van der Waals surface area (Å²) in [5.41, 5.74) is 0.615. The number of aliphatic hydroxyl groups is 1. The average molecular weight is 283 g/mol. The first-order valence-electron chi connectivity index (χ1n) is 6.77. The topological polar surface area (TPSA) is 66.4 Å². The minimum atomic E-state index is -3.46. The van der Waals surface area contributed by atoms with Crippen LogP contribution in [0.2, 0.25) is 0 Å². The second kappa shape index (κ2) is 6.03. The van der Waals surface area contributed by atoms with Gasteiger partial charge in [0.1, 0.15) is 0 Å². The molecule has 0 aromatic heterocycles. The first-order chi connectivity index (χ1) is 8.99. The standard InChI is InChI=1S/C14H21NO3S/c1-11(16)13-7-4-8-14(9-13)19(17,18)15-10-12-5-2-3-6-12/h4,7-9,11-12,15-16H,2-3,5-6,10H2,1H3. The van der Waals surface area contributed by atoms with E-state index in [-0.39, 0.29) is 4.90 Å². The minimum Gasteiger partial charge on any atom is -0.389 e. The Kier molecular flexibility index (Phi) is 4.60. The molecule has 0 saturated heterocycles. The van der Waals surface area contributed by atoms with Gasteiger partial charge < -0.3 is 5.11 Å². The fourth-order valence-corrected chi connectivity index (χ4v) is 3.64. The van der Waals surface area contributed by atoms with Crippen molar-refractivity contribution in [3.63, 3.8) is 0 Å². The Morgan fingerprint density at radius 3 is 2.68 bits per heavy atom. The monoisotopic (exact) mass is 283 g/mol. The fourth-order valence-electron chi connectivity index (χ4n) is 2.47. The minimum absolute atomic E-state index is 0.226. The molecule has 1 saturated carbocycles. The highest BCUT2D eigenvalue weighted by molar-refractivity contribution is 7.89. The number of hydrogen-bond acceptors (Lipinski definition) is 3. The zero-order valence-electron chi connectivity index (χ0n) is 11.2. The highest BCUT2D eigenvalue weighted by Crippen LogP contribution is 2.24. The normalized spacial score (nSPS) is 18.6. The van der Waals surface area contributed by atoms with Gasteiger partial charge in [-0.1, -0.05) is 25.0 Å². The molecule has 1 aliphatic rings. The Labute approximate surface area is 114 Å². The van der Waals surface area contributed by atoms with Gasteiger partial charge >= 0.3 is 0 Å². The lowest BCUT2D eigenvalue weighted by Gasteiger charge is -2.12. The smallest absolute Gasteiger partial charge is 0.240 e. The number of sulfonamides is 1. The summed E-state index contributed by atoms with van der Waals surface area (Å²) in [4.78, 5) is 0.226.